The molecular formula is C12H18N6. The van der Waals surface area contributed by atoms with E-state index >= 15 is 0 Å². The lowest BCUT2D eigenvalue weighted by atomic mass is 10.1. The van der Waals surface area contributed by atoms with Gasteiger partial charge in [-0.05, 0) is 26.2 Å². The first-order chi connectivity index (χ1) is 8.56. The minimum atomic E-state index is 0.565. The average Bonchev–Trinajstić information content (AvgIpc) is 2.79. The molecule has 4 N–H and O–H groups in total. The van der Waals surface area contributed by atoms with Gasteiger partial charge in [0.25, 0.3) is 0 Å². The Kier molecular flexibility index (Phi) is 3.47. The van der Waals surface area contributed by atoms with E-state index in [0.29, 0.717) is 11.4 Å². The molecule has 0 saturated heterocycles. The van der Waals surface area contributed by atoms with Gasteiger partial charge in [-0.1, -0.05) is 11.3 Å². The van der Waals surface area contributed by atoms with Crippen molar-refractivity contribution in [1.82, 2.24) is 19.9 Å². The standard InChI is InChI=1S/C12H18N6/c1-17(2)5-6-18-8-12(15-16-18)9-3-4-10(13)11(14)7-9/h3-4,7-8H,5-6,13-14H2,1-2H3. The Morgan fingerprint density at radius 2 is 2.00 bits per heavy atom. The van der Waals surface area contributed by atoms with E-state index in [0.717, 1.165) is 24.3 Å². The monoisotopic (exact) mass is 246 g/mol. The second kappa shape index (κ2) is 5.05. The maximum absolute atomic E-state index is 5.78. The van der Waals surface area contributed by atoms with Crippen LogP contribution in [0, 0.1) is 0 Å². The molecule has 6 heteroatoms. The van der Waals surface area contributed by atoms with E-state index in [9.17, 15) is 0 Å². The van der Waals surface area contributed by atoms with E-state index in [1.54, 1.807) is 6.07 Å². The van der Waals surface area contributed by atoms with Crippen molar-refractivity contribution in [1.29, 1.82) is 0 Å². The van der Waals surface area contributed by atoms with Crippen LogP contribution in [0.25, 0.3) is 11.3 Å². The lowest BCUT2D eigenvalue weighted by Gasteiger charge is -2.07. The van der Waals surface area contributed by atoms with E-state index in [-0.39, 0.29) is 0 Å². The van der Waals surface area contributed by atoms with Crippen molar-refractivity contribution in [3.63, 3.8) is 0 Å². The first-order valence-electron chi connectivity index (χ1n) is 5.76. The summed E-state index contributed by atoms with van der Waals surface area (Å²) in [4.78, 5) is 2.10. The maximum atomic E-state index is 5.78. The minimum Gasteiger partial charge on any atom is -0.397 e. The third-order valence-electron chi connectivity index (χ3n) is 2.70. The fourth-order valence-corrected chi connectivity index (χ4v) is 1.58. The van der Waals surface area contributed by atoms with Gasteiger partial charge in [0.2, 0.25) is 0 Å². The molecule has 1 heterocycles. The van der Waals surface area contributed by atoms with Crippen molar-refractivity contribution in [3.05, 3.63) is 24.4 Å². The highest BCUT2D eigenvalue weighted by atomic mass is 15.4. The van der Waals surface area contributed by atoms with Gasteiger partial charge in [0, 0.05) is 12.1 Å². The van der Waals surface area contributed by atoms with Crippen LogP contribution in [0.15, 0.2) is 24.4 Å². The number of nitrogens with two attached hydrogens (primary N) is 2. The average molecular weight is 246 g/mol. The molecular weight excluding hydrogens is 228 g/mol. The number of rotatable bonds is 4. The number of anilines is 2. The number of hydrogen-bond donors (Lipinski definition) is 2. The quantitative estimate of drug-likeness (QED) is 0.774. The van der Waals surface area contributed by atoms with E-state index < -0.39 is 0 Å². The molecule has 0 aliphatic heterocycles. The number of benzene rings is 1. The molecule has 0 spiro atoms. The molecule has 1 aromatic carbocycles. The van der Waals surface area contributed by atoms with Gasteiger partial charge in [-0.2, -0.15) is 0 Å². The third-order valence-corrected chi connectivity index (χ3v) is 2.70. The van der Waals surface area contributed by atoms with Crippen molar-refractivity contribution >= 4 is 11.4 Å². The number of nitrogens with zero attached hydrogens (tertiary/aromatic N) is 4. The minimum absolute atomic E-state index is 0.565. The van der Waals surface area contributed by atoms with Gasteiger partial charge in [-0.15, -0.1) is 5.10 Å². The SMILES string of the molecule is CN(C)CCn1cc(-c2ccc(N)c(N)c2)nn1. The van der Waals surface area contributed by atoms with Crippen LogP contribution in [-0.4, -0.2) is 40.5 Å². The summed E-state index contributed by atoms with van der Waals surface area (Å²) in [6, 6.07) is 5.49. The molecule has 2 aromatic rings. The number of nitrogen functional groups attached to an aromatic ring is 2. The van der Waals surface area contributed by atoms with Crippen LogP contribution < -0.4 is 11.5 Å². The van der Waals surface area contributed by atoms with E-state index in [1.807, 2.05) is 37.1 Å². The fraction of sp³-hybridized carbons (Fsp3) is 0.333. The lowest BCUT2D eigenvalue weighted by molar-refractivity contribution is 0.370. The number of likely N-dealkylation sites (N-methyl/N-ethyl adjacent to an activating group) is 1. The molecule has 6 nitrogen and oxygen atoms in total. The molecule has 0 unspecified atom stereocenters. The summed E-state index contributed by atoms with van der Waals surface area (Å²) in [6.07, 6.45) is 1.91. The van der Waals surface area contributed by atoms with Crippen LogP contribution in [0.2, 0.25) is 0 Å². The van der Waals surface area contributed by atoms with Crippen molar-refractivity contribution in [2.24, 2.45) is 0 Å². The Morgan fingerprint density at radius 1 is 1.22 bits per heavy atom. The third kappa shape index (κ3) is 2.78. The Balaban J connectivity index is 2.16. The van der Waals surface area contributed by atoms with Gasteiger partial charge in [0.05, 0.1) is 24.1 Å². The summed E-state index contributed by atoms with van der Waals surface area (Å²) in [5.41, 5.74) is 14.3. The Hall–Kier alpha value is -2.08. The first kappa shape index (κ1) is 12.4. The summed E-state index contributed by atoms with van der Waals surface area (Å²) >= 11 is 0. The van der Waals surface area contributed by atoms with Crippen molar-refractivity contribution in [2.45, 2.75) is 6.54 Å². The van der Waals surface area contributed by atoms with Gasteiger partial charge in [0.1, 0.15) is 5.69 Å². The maximum Gasteiger partial charge on any atom is 0.113 e. The molecule has 0 aliphatic carbocycles. The largest absolute Gasteiger partial charge is 0.397 e. The van der Waals surface area contributed by atoms with E-state index in [1.165, 1.54) is 0 Å². The predicted octanol–water partition coefficient (Wildman–Crippen LogP) is 0.671. The Labute approximate surface area is 106 Å². The molecule has 2 rings (SSSR count). The normalized spacial score (nSPS) is 11.1. The van der Waals surface area contributed by atoms with Crippen LogP contribution in [0.1, 0.15) is 0 Å². The topological polar surface area (TPSA) is 86.0 Å². The first-order valence-corrected chi connectivity index (χ1v) is 5.76. The van der Waals surface area contributed by atoms with Crippen LogP contribution in [0.5, 0.6) is 0 Å². The second-order valence-electron chi connectivity index (χ2n) is 4.51. The highest BCUT2D eigenvalue weighted by Gasteiger charge is 2.05. The van der Waals surface area contributed by atoms with Gasteiger partial charge in [-0.25, -0.2) is 0 Å². The molecule has 0 atom stereocenters. The number of hydrogen-bond acceptors (Lipinski definition) is 5. The highest BCUT2D eigenvalue weighted by molar-refractivity contribution is 5.72. The van der Waals surface area contributed by atoms with Crippen LogP contribution >= 0.6 is 0 Å². The summed E-state index contributed by atoms with van der Waals surface area (Å²) in [5, 5.41) is 8.22. The molecule has 0 fully saturated rings. The van der Waals surface area contributed by atoms with E-state index in [2.05, 4.69) is 15.2 Å². The van der Waals surface area contributed by atoms with Crippen LogP contribution in [0.4, 0.5) is 11.4 Å². The molecule has 0 aliphatic rings. The summed E-state index contributed by atoms with van der Waals surface area (Å²) < 4.78 is 1.82. The predicted molar refractivity (Wildman–Crippen MR) is 72.8 cm³/mol. The van der Waals surface area contributed by atoms with Crippen molar-refractivity contribution < 1.29 is 0 Å². The summed E-state index contributed by atoms with van der Waals surface area (Å²) in [5.74, 6) is 0. The smallest absolute Gasteiger partial charge is 0.113 e. The molecule has 96 valence electrons. The van der Waals surface area contributed by atoms with Crippen molar-refractivity contribution in [2.75, 3.05) is 32.1 Å². The Morgan fingerprint density at radius 3 is 2.67 bits per heavy atom. The fourth-order valence-electron chi connectivity index (χ4n) is 1.58. The highest BCUT2D eigenvalue weighted by Crippen LogP contribution is 2.23. The molecule has 0 amide bonds. The van der Waals surface area contributed by atoms with Crippen molar-refractivity contribution in [3.8, 4) is 11.3 Å². The zero-order valence-electron chi connectivity index (χ0n) is 10.7. The zero-order valence-corrected chi connectivity index (χ0v) is 10.7. The lowest BCUT2D eigenvalue weighted by Crippen LogP contribution is -2.18. The van der Waals surface area contributed by atoms with Gasteiger partial charge >= 0.3 is 0 Å². The summed E-state index contributed by atoms with van der Waals surface area (Å²) in [6.45, 7) is 1.73. The zero-order chi connectivity index (χ0) is 13.1. The Bertz CT molecular complexity index is 531. The van der Waals surface area contributed by atoms with Gasteiger partial charge in [0.15, 0.2) is 0 Å². The number of aromatic nitrogens is 3. The molecule has 18 heavy (non-hydrogen) atoms. The van der Waals surface area contributed by atoms with Gasteiger partial charge < -0.3 is 16.4 Å². The summed E-state index contributed by atoms with van der Waals surface area (Å²) in [7, 11) is 4.05. The molecule has 0 saturated carbocycles. The molecule has 1 aromatic heterocycles. The van der Waals surface area contributed by atoms with Gasteiger partial charge in [-0.3, -0.25) is 4.68 Å². The molecule has 0 bridgehead atoms. The van der Waals surface area contributed by atoms with Crippen LogP contribution in [-0.2, 0) is 6.54 Å². The van der Waals surface area contributed by atoms with E-state index in [4.69, 9.17) is 11.5 Å². The molecule has 0 radical (unpaired) electrons. The second-order valence-corrected chi connectivity index (χ2v) is 4.51. The van der Waals surface area contributed by atoms with Crippen LogP contribution in [0.3, 0.4) is 0 Å².